The molecule has 0 spiro atoms. The molecule has 9 N–H and O–H groups in total. The topological polar surface area (TPSA) is 429 Å². The molecular formula is C54H61N7O24S. The van der Waals surface area contributed by atoms with Crippen molar-refractivity contribution in [2.24, 2.45) is 0 Å². The summed E-state index contributed by atoms with van der Waals surface area (Å²) in [4.78, 5) is 111. The van der Waals surface area contributed by atoms with Gasteiger partial charge >= 0.3 is 18.0 Å². The van der Waals surface area contributed by atoms with Crippen LogP contribution in [0.3, 0.4) is 0 Å². The number of aliphatic hydroxyl groups is 6. The van der Waals surface area contributed by atoms with Crippen LogP contribution in [0.2, 0.25) is 0 Å². The molecule has 5 amide bonds. The highest BCUT2D eigenvalue weighted by Gasteiger charge is 2.49. The summed E-state index contributed by atoms with van der Waals surface area (Å²) in [6, 6.07) is 8.54. The number of aliphatic hydroxyl groups excluding tert-OH is 5. The van der Waals surface area contributed by atoms with Gasteiger partial charge in [0.25, 0.3) is 17.4 Å². The van der Waals surface area contributed by atoms with E-state index in [0.717, 1.165) is 33.1 Å². The Morgan fingerprint density at radius 3 is 2.33 bits per heavy atom. The number of carbonyl (C=O) groups excluding carboxylic acids is 6. The molecule has 462 valence electrons. The lowest BCUT2D eigenvalue weighted by atomic mass is 9.86. The van der Waals surface area contributed by atoms with Crippen LogP contribution in [-0.4, -0.2) is 218 Å². The standard InChI is InChI=1S/C54H61N7O24S/c1-4-54(76)32-15-35-43-30(18-61(35)48(71)31(32)21-80-51(54)74)29(28-14-37-38(83-26-82-37)16-33(28)57-43)17-55-53(22-62,23-63)24-79-25-59(11-12-86(3,77)78)52(75)81-20-27-5-6-36(84-50-46(70)44(68)45(69)47(85-50)49(72)73)34(13-27)56-39(64)19-58(2)40(65)9-10-60-41(66)7-8-42(60)67/h5-8,13-16,44-47,50,55,62-63,68-70,76H,4,9-12,17-26H2,1-3H3,(H,56,64)(H,72,73)/t44-,45-,46+,47-,50+,54+/m0/s1. The van der Waals surface area contributed by atoms with Crippen molar-refractivity contribution in [1.82, 2.24) is 29.6 Å². The van der Waals surface area contributed by atoms with Crippen molar-refractivity contribution in [2.45, 2.75) is 87.9 Å². The number of ether oxygens (including phenoxy) is 7. The first-order valence-corrected chi connectivity index (χ1v) is 28.7. The number of hydrogen-bond donors (Lipinski definition) is 9. The number of sulfone groups is 1. The van der Waals surface area contributed by atoms with E-state index in [-0.39, 0.29) is 74.0 Å². The van der Waals surface area contributed by atoms with Gasteiger partial charge < -0.3 is 89.0 Å². The number of aromatic nitrogens is 2. The SMILES string of the molecule is CC[C@]1(O)C(=O)OCc2c1cc1n(c2=O)Cc2c-1nc1cc3c(cc1c2CNC(CO)(CO)COCN(CCS(C)(=O)=O)C(=O)OCc1ccc(O[C@@H]2O[C@H](C(=O)O)[C@@H](O)[C@H](O)[C@H]2O)c(NC(=O)CN(C)C(=O)CCN2C(=O)C=CC2=O)c1)OCO3. The Kier molecular flexibility index (Phi) is 18.2. The molecule has 5 aliphatic rings. The van der Waals surface area contributed by atoms with Gasteiger partial charge in [-0.15, -0.1) is 0 Å². The van der Waals surface area contributed by atoms with Crippen LogP contribution in [0.25, 0.3) is 22.3 Å². The van der Waals surface area contributed by atoms with Gasteiger partial charge in [-0.25, -0.2) is 27.8 Å². The number of carboxylic acids is 1. The summed E-state index contributed by atoms with van der Waals surface area (Å²) in [5, 5.41) is 80.4. The molecular weight excluding hydrogens is 1160 g/mol. The van der Waals surface area contributed by atoms with Crippen LogP contribution >= 0.6 is 0 Å². The summed E-state index contributed by atoms with van der Waals surface area (Å²) in [5.74, 6) is -5.55. The number of aliphatic carboxylic acids is 1. The number of imide groups is 1. The number of nitrogens with zero attached hydrogens (tertiary/aromatic N) is 5. The monoisotopic (exact) mass is 1220 g/mol. The van der Waals surface area contributed by atoms with Gasteiger partial charge in [0.05, 0.1) is 72.4 Å². The van der Waals surface area contributed by atoms with Gasteiger partial charge in [-0.05, 0) is 41.8 Å². The molecule has 5 aliphatic heterocycles. The third-order valence-corrected chi connectivity index (χ3v) is 16.1. The Morgan fingerprint density at radius 2 is 1.65 bits per heavy atom. The maximum Gasteiger partial charge on any atom is 0.411 e. The largest absolute Gasteiger partial charge is 0.479 e. The normalized spacial score (nSPS) is 21.2. The van der Waals surface area contributed by atoms with Crippen molar-refractivity contribution in [3.8, 4) is 28.6 Å². The van der Waals surface area contributed by atoms with Crippen molar-refractivity contribution in [3.05, 3.63) is 86.7 Å². The van der Waals surface area contributed by atoms with Crippen molar-refractivity contribution in [3.63, 3.8) is 0 Å². The highest BCUT2D eigenvalue weighted by atomic mass is 32.2. The Balaban J connectivity index is 0.914. The summed E-state index contributed by atoms with van der Waals surface area (Å²) in [7, 11) is -2.48. The summed E-state index contributed by atoms with van der Waals surface area (Å²) in [6.45, 7) is -3.81. The third kappa shape index (κ3) is 12.7. The van der Waals surface area contributed by atoms with E-state index in [4.69, 9.17) is 38.1 Å². The minimum Gasteiger partial charge on any atom is -0.479 e. The first kappa shape index (κ1) is 62.4. The zero-order chi connectivity index (χ0) is 62.2. The molecule has 0 unspecified atom stereocenters. The van der Waals surface area contributed by atoms with E-state index in [2.05, 4.69) is 10.6 Å². The number of carboxylic acid groups (broad SMARTS) is 1. The van der Waals surface area contributed by atoms with E-state index in [1.807, 2.05) is 0 Å². The molecule has 0 saturated carbocycles. The van der Waals surface area contributed by atoms with Crippen molar-refractivity contribution < 1.29 is 111 Å². The molecule has 6 atom stereocenters. The Bertz CT molecular complexity index is 3590. The number of likely N-dealkylation sites (N-methyl/N-ethyl adjacent to an activating group) is 1. The van der Waals surface area contributed by atoms with Crippen LogP contribution in [0.1, 0.15) is 47.6 Å². The van der Waals surface area contributed by atoms with Gasteiger partial charge in [-0.2, -0.15) is 0 Å². The number of fused-ring (bicyclic) bond motifs is 6. The van der Waals surface area contributed by atoms with Crippen LogP contribution in [0, 0.1) is 0 Å². The molecule has 0 aliphatic carbocycles. The average molecular weight is 1220 g/mol. The highest BCUT2D eigenvalue weighted by molar-refractivity contribution is 7.90. The number of rotatable bonds is 24. The Hall–Kier alpha value is -8.18. The molecule has 2 aromatic carbocycles. The molecule has 0 bridgehead atoms. The first-order chi connectivity index (χ1) is 40.8. The van der Waals surface area contributed by atoms with Crippen LogP contribution < -0.4 is 30.4 Å². The fraction of sp³-hybridized carbons (Fsp3) is 0.463. The summed E-state index contributed by atoms with van der Waals surface area (Å²) in [6.07, 6.45) is -8.82. The zero-order valence-electron chi connectivity index (χ0n) is 46.3. The summed E-state index contributed by atoms with van der Waals surface area (Å²) in [5.41, 5.74) is -2.20. The van der Waals surface area contributed by atoms with Crippen LogP contribution in [0.4, 0.5) is 10.5 Å². The van der Waals surface area contributed by atoms with E-state index < -0.39 is 151 Å². The van der Waals surface area contributed by atoms with E-state index in [0.29, 0.717) is 44.9 Å². The predicted molar refractivity (Wildman–Crippen MR) is 290 cm³/mol. The maximum absolute atomic E-state index is 14.1. The minimum atomic E-state index is -3.74. The number of benzene rings is 2. The van der Waals surface area contributed by atoms with E-state index >= 15 is 0 Å². The van der Waals surface area contributed by atoms with Crippen molar-refractivity contribution >= 4 is 68.1 Å². The minimum absolute atomic E-state index is 0.0313. The molecule has 2 aromatic heterocycles. The maximum atomic E-state index is 14.1. The fourth-order valence-corrected chi connectivity index (χ4v) is 10.6. The van der Waals surface area contributed by atoms with E-state index in [1.165, 1.54) is 29.8 Å². The molecule has 32 heteroatoms. The lowest BCUT2D eigenvalue weighted by molar-refractivity contribution is -0.271. The zero-order valence-corrected chi connectivity index (χ0v) is 47.1. The number of hydrogen-bond acceptors (Lipinski definition) is 25. The summed E-state index contributed by atoms with van der Waals surface area (Å²) < 4.78 is 65.3. The number of esters is 1. The number of cyclic esters (lactones) is 1. The molecule has 4 aromatic rings. The van der Waals surface area contributed by atoms with Gasteiger partial charge in [0, 0.05) is 74.1 Å². The first-order valence-electron chi connectivity index (χ1n) is 26.6. The smallest absolute Gasteiger partial charge is 0.411 e. The van der Waals surface area contributed by atoms with Crippen LogP contribution in [-0.2, 0) is 89.5 Å². The second-order valence-corrected chi connectivity index (χ2v) is 23.3. The highest BCUT2D eigenvalue weighted by Crippen LogP contribution is 2.43. The van der Waals surface area contributed by atoms with Gasteiger partial charge in [0.1, 0.15) is 53.8 Å². The second-order valence-electron chi connectivity index (χ2n) is 21.0. The predicted octanol–water partition coefficient (Wildman–Crippen LogP) is -2.74. The quantitative estimate of drug-likeness (QED) is 0.0172. The Labute approximate surface area is 487 Å². The number of nitrogens with one attached hydrogen (secondary N) is 2. The number of amides is 5. The van der Waals surface area contributed by atoms with Gasteiger partial charge in [-0.1, -0.05) is 13.0 Å². The lowest BCUT2D eigenvalue weighted by Crippen LogP contribution is -2.61. The van der Waals surface area contributed by atoms with E-state index in [9.17, 15) is 82.5 Å². The number of pyridine rings is 2. The Morgan fingerprint density at radius 1 is 0.942 bits per heavy atom. The third-order valence-electron chi connectivity index (χ3n) is 15.2. The molecule has 86 heavy (non-hydrogen) atoms. The van der Waals surface area contributed by atoms with Crippen LogP contribution in [0.15, 0.2) is 53.3 Å². The fourth-order valence-electron chi connectivity index (χ4n) is 10.1. The second kappa shape index (κ2) is 25.0. The molecule has 9 rings (SSSR count). The van der Waals surface area contributed by atoms with Crippen molar-refractivity contribution in [1.29, 1.82) is 0 Å². The molecule has 1 fully saturated rings. The number of anilines is 1. The van der Waals surface area contributed by atoms with E-state index in [1.54, 1.807) is 25.1 Å². The molecule has 1 saturated heterocycles. The number of carbonyl (C=O) groups is 7. The van der Waals surface area contributed by atoms with Gasteiger partial charge in [-0.3, -0.25) is 33.8 Å². The molecule has 31 nitrogen and oxygen atoms in total. The van der Waals surface area contributed by atoms with Crippen LogP contribution in [0.5, 0.6) is 17.2 Å². The van der Waals surface area contributed by atoms with Gasteiger partial charge in [0.15, 0.2) is 23.2 Å². The molecule has 0 radical (unpaired) electrons. The molecule has 7 heterocycles. The average Bonchev–Trinajstić information content (AvgIpc) is 1.53. The summed E-state index contributed by atoms with van der Waals surface area (Å²) >= 11 is 0. The lowest BCUT2D eigenvalue weighted by Gasteiger charge is -2.38. The van der Waals surface area contributed by atoms with Crippen molar-refractivity contribution in [2.75, 3.05) is 77.4 Å². The van der Waals surface area contributed by atoms with Gasteiger partial charge in [0.2, 0.25) is 24.9 Å².